The summed E-state index contributed by atoms with van der Waals surface area (Å²) in [5, 5.41) is 8.91. The van der Waals surface area contributed by atoms with Crippen LogP contribution in [0.5, 0.6) is 0 Å². The molecule has 1 heterocycles. The number of aryl methyl sites for hydroxylation is 1. The first-order valence-electron chi connectivity index (χ1n) is 7.18. The second-order valence-corrected chi connectivity index (χ2v) is 6.77. The van der Waals surface area contributed by atoms with Crippen molar-refractivity contribution in [2.45, 2.75) is 63.8 Å². The molecular weight excluding hydrogens is 256 g/mol. The van der Waals surface area contributed by atoms with Gasteiger partial charge in [0.15, 0.2) is 0 Å². The zero-order valence-corrected chi connectivity index (χ0v) is 13.3. The lowest BCUT2D eigenvalue weighted by molar-refractivity contribution is 0.465. The third-order valence-electron chi connectivity index (χ3n) is 3.95. The number of anilines is 2. The molecule has 2 unspecified atom stereocenters. The van der Waals surface area contributed by atoms with E-state index in [-0.39, 0.29) is 0 Å². The lowest BCUT2D eigenvalue weighted by atomic mass is 9.95. The maximum Gasteiger partial charge on any atom is 0.148 e. The van der Waals surface area contributed by atoms with Crippen LogP contribution in [0, 0.1) is 6.92 Å². The Morgan fingerprint density at radius 3 is 2.68 bits per heavy atom. The standard InChI is InChI=1S/C14H26N4S/c1-9(2)18-14(13(15)10(3)17-18)16-11-7-5-6-8-12(11)19-4/h9,11-12,16H,5-8,15H2,1-4H3. The molecule has 5 heteroatoms. The van der Waals surface area contributed by atoms with E-state index in [1.807, 2.05) is 23.4 Å². The van der Waals surface area contributed by atoms with Gasteiger partial charge in [-0.05, 0) is 39.9 Å². The van der Waals surface area contributed by atoms with E-state index in [4.69, 9.17) is 5.73 Å². The van der Waals surface area contributed by atoms with Gasteiger partial charge in [-0.15, -0.1) is 0 Å². The van der Waals surface area contributed by atoms with Crippen LogP contribution in [0.25, 0.3) is 0 Å². The summed E-state index contributed by atoms with van der Waals surface area (Å²) in [6.45, 7) is 6.26. The van der Waals surface area contributed by atoms with Crippen LogP contribution in [0.2, 0.25) is 0 Å². The number of hydrogen-bond acceptors (Lipinski definition) is 4. The molecule has 2 atom stereocenters. The van der Waals surface area contributed by atoms with Gasteiger partial charge in [0.25, 0.3) is 0 Å². The molecule has 1 aliphatic carbocycles. The van der Waals surface area contributed by atoms with Crippen molar-refractivity contribution in [3.63, 3.8) is 0 Å². The summed E-state index contributed by atoms with van der Waals surface area (Å²) < 4.78 is 2.02. The zero-order chi connectivity index (χ0) is 14.0. The van der Waals surface area contributed by atoms with Crippen molar-refractivity contribution in [1.82, 2.24) is 9.78 Å². The number of aromatic nitrogens is 2. The molecule has 4 nitrogen and oxygen atoms in total. The molecule has 1 fully saturated rings. The highest BCUT2D eigenvalue weighted by Crippen LogP contribution is 2.33. The van der Waals surface area contributed by atoms with E-state index >= 15 is 0 Å². The van der Waals surface area contributed by atoms with Crippen LogP contribution in [-0.4, -0.2) is 27.3 Å². The molecule has 0 spiro atoms. The lowest BCUT2D eigenvalue weighted by Crippen LogP contribution is -2.35. The minimum atomic E-state index is 0.329. The van der Waals surface area contributed by atoms with Crippen molar-refractivity contribution in [2.75, 3.05) is 17.3 Å². The zero-order valence-electron chi connectivity index (χ0n) is 12.4. The molecule has 1 aromatic heterocycles. The van der Waals surface area contributed by atoms with E-state index in [1.165, 1.54) is 25.7 Å². The monoisotopic (exact) mass is 282 g/mol. The normalized spacial score (nSPS) is 23.8. The Kier molecular flexibility index (Phi) is 4.66. The van der Waals surface area contributed by atoms with Crippen molar-refractivity contribution in [3.05, 3.63) is 5.69 Å². The van der Waals surface area contributed by atoms with Crippen molar-refractivity contribution < 1.29 is 0 Å². The van der Waals surface area contributed by atoms with Gasteiger partial charge in [0, 0.05) is 17.3 Å². The number of rotatable bonds is 4. The molecule has 108 valence electrons. The number of nitrogens with zero attached hydrogens (tertiary/aromatic N) is 2. The van der Waals surface area contributed by atoms with Crippen LogP contribution in [-0.2, 0) is 0 Å². The van der Waals surface area contributed by atoms with Crippen LogP contribution >= 0.6 is 11.8 Å². The number of hydrogen-bond donors (Lipinski definition) is 2. The average molecular weight is 282 g/mol. The Balaban J connectivity index is 2.22. The van der Waals surface area contributed by atoms with E-state index in [9.17, 15) is 0 Å². The number of nitrogens with two attached hydrogens (primary N) is 1. The van der Waals surface area contributed by atoms with Gasteiger partial charge < -0.3 is 11.1 Å². The van der Waals surface area contributed by atoms with Crippen molar-refractivity contribution in [2.24, 2.45) is 0 Å². The molecule has 2 rings (SSSR count). The first kappa shape index (κ1) is 14.6. The minimum Gasteiger partial charge on any atom is -0.394 e. The molecule has 0 bridgehead atoms. The van der Waals surface area contributed by atoms with Gasteiger partial charge in [-0.1, -0.05) is 12.8 Å². The highest BCUT2D eigenvalue weighted by atomic mass is 32.2. The smallest absolute Gasteiger partial charge is 0.148 e. The minimum absolute atomic E-state index is 0.329. The number of thioether (sulfide) groups is 1. The Morgan fingerprint density at radius 2 is 2.05 bits per heavy atom. The molecular formula is C14H26N4S. The van der Waals surface area contributed by atoms with Crippen molar-refractivity contribution in [1.29, 1.82) is 0 Å². The molecule has 1 aliphatic rings. The first-order chi connectivity index (χ1) is 9.04. The fourth-order valence-corrected chi connectivity index (χ4v) is 3.73. The Labute approximate surface area is 120 Å². The van der Waals surface area contributed by atoms with E-state index in [2.05, 4.69) is 30.5 Å². The summed E-state index contributed by atoms with van der Waals surface area (Å²) in [6.07, 6.45) is 7.39. The van der Waals surface area contributed by atoms with E-state index in [1.54, 1.807) is 0 Å². The van der Waals surface area contributed by atoms with Gasteiger partial charge in [0.2, 0.25) is 0 Å². The van der Waals surface area contributed by atoms with Gasteiger partial charge in [-0.3, -0.25) is 0 Å². The predicted molar refractivity (Wildman–Crippen MR) is 84.9 cm³/mol. The summed E-state index contributed by atoms with van der Waals surface area (Å²) >= 11 is 1.97. The van der Waals surface area contributed by atoms with Crippen LogP contribution < -0.4 is 11.1 Å². The number of nitrogens with one attached hydrogen (secondary N) is 1. The Morgan fingerprint density at radius 1 is 1.37 bits per heavy atom. The fourth-order valence-electron chi connectivity index (χ4n) is 2.80. The quantitative estimate of drug-likeness (QED) is 0.888. The third kappa shape index (κ3) is 3.02. The second-order valence-electron chi connectivity index (χ2n) is 5.70. The van der Waals surface area contributed by atoms with Crippen LogP contribution in [0.4, 0.5) is 11.5 Å². The molecule has 1 aromatic rings. The summed E-state index contributed by atoms with van der Waals surface area (Å²) in [5.74, 6) is 1.01. The summed E-state index contributed by atoms with van der Waals surface area (Å²) in [7, 11) is 0. The van der Waals surface area contributed by atoms with Gasteiger partial charge in [-0.25, -0.2) is 4.68 Å². The van der Waals surface area contributed by atoms with E-state index in [0.717, 1.165) is 17.2 Å². The van der Waals surface area contributed by atoms with Gasteiger partial charge in [0.1, 0.15) is 5.82 Å². The van der Waals surface area contributed by atoms with E-state index < -0.39 is 0 Å². The molecule has 0 amide bonds. The summed E-state index contributed by atoms with van der Waals surface area (Å²) in [4.78, 5) is 0. The number of nitrogen functional groups attached to an aromatic ring is 1. The Bertz CT molecular complexity index is 427. The largest absolute Gasteiger partial charge is 0.394 e. The van der Waals surface area contributed by atoms with Gasteiger partial charge >= 0.3 is 0 Å². The molecule has 19 heavy (non-hydrogen) atoms. The van der Waals surface area contributed by atoms with Gasteiger partial charge in [-0.2, -0.15) is 16.9 Å². The SMILES string of the molecule is CSC1CCCCC1Nc1c(N)c(C)nn1C(C)C. The fraction of sp³-hybridized carbons (Fsp3) is 0.786. The summed E-state index contributed by atoms with van der Waals surface area (Å²) in [5.41, 5.74) is 7.92. The lowest BCUT2D eigenvalue weighted by Gasteiger charge is -2.32. The van der Waals surface area contributed by atoms with Crippen LogP contribution in [0.15, 0.2) is 0 Å². The van der Waals surface area contributed by atoms with Crippen molar-refractivity contribution >= 4 is 23.3 Å². The third-order valence-corrected chi connectivity index (χ3v) is 5.12. The van der Waals surface area contributed by atoms with E-state index in [0.29, 0.717) is 17.3 Å². The van der Waals surface area contributed by atoms with Crippen molar-refractivity contribution in [3.8, 4) is 0 Å². The van der Waals surface area contributed by atoms with Crippen LogP contribution in [0.1, 0.15) is 51.3 Å². The molecule has 3 N–H and O–H groups in total. The average Bonchev–Trinajstić information content (AvgIpc) is 2.68. The Hall–Kier alpha value is -0.840. The summed E-state index contributed by atoms with van der Waals surface area (Å²) in [6, 6.07) is 0.842. The highest BCUT2D eigenvalue weighted by Gasteiger charge is 2.26. The molecule has 0 aliphatic heterocycles. The first-order valence-corrected chi connectivity index (χ1v) is 8.47. The molecule has 1 saturated carbocycles. The van der Waals surface area contributed by atoms with Gasteiger partial charge in [0.05, 0.1) is 11.4 Å². The second kappa shape index (κ2) is 6.07. The highest BCUT2D eigenvalue weighted by molar-refractivity contribution is 7.99. The maximum absolute atomic E-state index is 6.19. The predicted octanol–water partition coefficient (Wildman–Crippen LogP) is 3.44. The topological polar surface area (TPSA) is 55.9 Å². The van der Waals surface area contributed by atoms with Crippen LogP contribution in [0.3, 0.4) is 0 Å². The maximum atomic E-state index is 6.19. The molecule has 0 saturated heterocycles. The molecule has 0 radical (unpaired) electrons. The molecule has 0 aromatic carbocycles.